The molecule has 52 heavy (non-hydrogen) atoms. The van der Waals surface area contributed by atoms with Gasteiger partial charge in [-0.05, 0) is 82.9 Å². The van der Waals surface area contributed by atoms with E-state index in [-0.39, 0.29) is 0 Å². The first-order chi connectivity index (χ1) is 25.6. The topological polar surface area (TPSA) is 69.1 Å². The number of fused-ring (bicyclic) bond motifs is 6. The van der Waals surface area contributed by atoms with Gasteiger partial charge in [0.05, 0.1) is 0 Å². The molecule has 0 saturated carbocycles. The summed E-state index contributed by atoms with van der Waals surface area (Å²) in [6.07, 6.45) is 7.24. The molecule has 0 amide bonds. The van der Waals surface area contributed by atoms with E-state index >= 15 is 4.57 Å². The van der Waals surface area contributed by atoms with Crippen molar-refractivity contribution in [3.05, 3.63) is 176 Å². The fourth-order valence-corrected chi connectivity index (χ4v) is 9.92. The van der Waals surface area contributed by atoms with E-state index in [9.17, 15) is 0 Å². The largest absolute Gasteiger partial charge is 0.456 e. The van der Waals surface area contributed by atoms with Crippen LogP contribution in [0.4, 0.5) is 0 Å². The van der Waals surface area contributed by atoms with Crippen LogP contribution in [-0.2, 0) is 4.57 Å². The van der Waals surface area contributed by atoms with Crippen LogP contribution in [0.5, 0.6) is 0 Å². The molecule has 0 spiro atoms. The van der Waals surface area contributed by atoms with Crippen molar-refractivity contribution >= 4 is 66.9 Å². The molecule has 0 fully saturated rings. The van der Waals surface area contributed by atoms with E-state index in [2.05, 4.69) is 58.5 Å². The van der Waals surface area contributed by atoms with Crippen LogP contribution in [0.25, 0.3) is 77.3 Å². The van der Waals surface area contributed by atoms with Crippen molar-refractivity contribution in [2.24, 2.45) is 0 Å². The van der Waals surface area contributed by atoms with Gasteiger partial charge in [-0.1, -0.05) is 91.0 Å². The number of hydrogen-bond acceptors (Lipinski definition) is 5. The van der Waals surface area contributed by atoms with Crippen LogP contribution in [-0.4, -0.2) is 9.97 Å². The highest BCUT2D eigenvalue weighted by Crippen LogP contribution is 2.43. The number of benzene rings is 6. The van der Waals surface area contributed by atoms with Gasteiger partial charge < -0.3 is 13.4 Å². The highest BCUT2D eigenvalue weighted by Gasteiger charge is 2.30. The van der Waals surface area contributed by atoms with Crippen molar-refractivity contribution in [2.45, 2.75) is 0 Å². The maximum absolute atomic E-state index is 15.1. The van der Waals surface area contributed by atoms with Gasteiger partial charge in [0.1, 0.15) is 22.3 Å². The van der Waals surface area contributed by atoms with E-state index in [4.69, 9.17) is 8.83 Å². The van der Waals surface area contributed by atoms with Crippen molar-refractivity contribution in [1.82, 2.24) is 9.97 Å². The minimum Gasteiger partial charge on any atom is -0.456 e. The first-order valence-corrected chi connectivity index (χ1v) is 18.8. The monoisotopic (exact) mass is 688 g/mol. The molecule has 6 aromatic carbocycles. The summed E-state index contributed by atoms with van der Waals surface area (Å²) in [5.41, 5.74) is 9.51. The van der Waals surface area contributed by atoms with Gasteiger partial charge in [-0.25, -0.2) is 0 Å². The van der Waals surface area contributed by atoms with E-state index in [1.165, 1.54) is 0 Å². The summed E-state index contributed by atoms with van der Waals surface area (Å²) in [6, 6.07) is 50.6. The average molecular weight is 689 g/mol. The third kappa shape index (κ3) is 4.98. The fraction of sp³-hybridized carbons (Fsp3) is 0. The van der Waals surface area contributed by atoms with E-state index in [0.29, 0.717) is 5.30 Å². The second kappa shape index (κ2) is 12.1. The molecule has 0 radical (unpaired) electrons. The van der Waals surface area contributed by atoms with E-state index in [1.54, 1.807) is 12.4 Å². The van der Waals surface area contributed by atoms with Crippen molar-refractivity contribution in [2.75, 3.05) is 0 Å². The average Bonchev–Trinajstić information content (AvgIpc) is 3.78. The van der Waals surface area contributed by atoms with Crippen LogP contribution in [0.2, 0.25) is 0 Å². The highest BCUT2D eigenvalue weighted by atomic mass is 31.2. The Morgan fingerprint density at radius 3 is 1.27 bits per heavy atom. The van der Waals surface area contributed by atoms with Crippen LogP contribution in [0.3, 0.4) is 0 Å². The SMILES string of the molecule is O=P(c1ccccc1)(c1ccccc1)c1cncc(-c2ccc3oc4ccc(-c5ccc6oc7ccc(-c8cccnc8)cc7c6c5)cc4c3c2)c1. The number of pyridine rings is 2. The maximum atomic E-state index is 15.1. The molecule has 0 aliphatic heterocycles. The summed E-state index contributed by atoms with van der Waals surface area (Å²) < 4.78 is 27.6. The zero-order valence-corrected chi connectivity index (χ0v) is 28.7. The molecule has 0 bridgehead atoms. The fourth-order valence-electron chi connectivity index (χ4n) is 7.29. The van der Waals surface area contributed by atoms with Crippen molar-refractivity contribution in [1.29, 1.82) is 0 Å². The summed E-state index contributed by atoms with van der Waals surface area (Å²) in [4.78, 5) is 8.92. The van der Waals surface area contributed by atoms with Gasteiger partial charge in [-0.3, -0.25) is 9.97 Å². The normalized spacial score (nSPS) is 11.9. The minimum absolute atomic E-state index is 0.691. The second-order valence-electron chi connectivity index (χ2n) is 13.0. The number of aromatic nitrogens is 2. The van der Waals surface area contributed by atoms with Crippen LogP contribution >= 0.6 is 7.14 Å². The van der Waals surface area contributed by atoms with Gasteiger partial charge in [0.25, 0.3) is 0 Å². The van der Waals surface area contributed by atoms with E-state index < -0.39 is 7.14 Å². The lowest BCUT2D eigenvalue weighted by atomic mass is 9.99. The Kier molecular flexibility index (Phi) is 7.02. The molecule has 4 aromatic heterocycles. The molecular formula is C46H29N2O3P. The lowest BCUT2D eigenvalue weighted by Gasteiger charge is -2.20. The zero-order valence-electron chi connectivity index (χ0n) is 27.8. The molecule has 10 rings (SSSR count). The van der Waals surface area contributed by atoms with Gasteiger partial charge in [0.15, 0.2) is 7.14 Å². The second-order valence-corrected chi connectivity index (χ2v) is 15.8. The Morgan fingerprint density at radius 1 is 0.365 bits per heavy atom. The molecule has 4 heterocycles. The summed E-state index contributed by atoms with van der Waals surface area (Å²) in [5, 5.41) is 6.40. The summed E-state index contributed by atoms with van der Waals surface area (Å²) in [6.45, 7) is 0. The number of rotatable bonds is 6. The predicted molar refractivity (Wildman–Crippen MR) is 212 cm³/mol. The van der Waals surface area contributed by atoms with Crippen molar-refractivity contribution in [3.63, 3.8) is 0 Å². The molecule has 5 nitrogen and oxygen atoms in total. The Balaban J connectivity index is 1.06. The predicted octanol–water partition coefficient (Wildman–Crippen LogP) is 10.9. The number of nitrogens with zero attached hydrogens (tertiary/aromatic N) is 2. The maximum Gasteiger partial charge on any atom is 0.172 e. The standard InChI is InChI=1S/C46H29N2O3P/c49-52(36-9-3-1-4-10-36,37-11-5-2-6-12-37)38-22-35(28-48-29-38)33-16-20-46-42(26-33)40-24-31(14-18-44(40)51-46)30-13-17-43-39(23-30)41-25-32(15-19-45(41)50-43)34-8-7-21-47-27-34/h1-29H. The Hall–Kier alpha value is -6.55. The Morgan fingerprint density at radius 2 is 0.808 bits per heavy atom. The molecule has 0 N–H and O–H groups in total. The summed E-state index contributed by atoms with van der Waals surface area (Å²) in [5.74, 6) is 0. The van der Waals surface area contributed by atoms with Crippen LogP contribution < -0.4 is 15.9 Å². The molecule has 246 valence electrons. The Labute approximate surface area is 299 Å². The van der Waals surface area contributed by atoms with Gasteiger partial charge in [-0.15, -0.1) is 0 Å². The Bertz CT molecular complexity index is 2940. The molecule has 0 saturated heterocycles. The molecule has 0 atom stereocenters. The lowest BCUT2D eigenvalue weighted by molar-refractivity contribution is 0.592. The molecule has 0 unspecified atom stereocenters. The van der Waals surface area contributed by atoms with Gasteiger partial charge >= 0.3 is 0 Å². The van der Waals surface area contributed by atoms with E-state index in [0.717, 1.165) is 87.9 Å². The number of hydrogen-bond donors (Lipinski definition) is 0. The molecule has 0 aliphatic carbocycles. The van der Waals surface area contributed by atoms with E-state index in [1.807, 2.05) is 116 Å². The van der Waals surface area contributed by atoms with Crippen LogP contribution in [0.15, 0.2) is 185 Å². The van der Waals surface area contributed by atoms with Gasteiger partial charge in [0.2, 0.25) is 0 Å². The molecule has 0 aliphatic rings. The molecule has 6 heteroatoms. The van der Waals surface area contributed by atoms with Crippen molar-refractivity contribution in [3.8, 4) is 33.4 Å². The zero-order chi connectivity index (χ0) is 34.6. The number of furan rings is 2. The minimum atomic E-state index is -3.18. The highest BCUT2D eigenvalue weighted by molar-refractivity contribution is 7.85. The first-order valence-electron chi connectivity index (χ1n) is 17.1. The van der Waals surface area contributed by atoms with Crippen LogP contribution in [0, 0.1) is 0 Å². The van der Waals surface area contributed by atoms with Crippen LogP contribution in [0.1, 0.15) is 0 Å². The molecule has 10 aromatic rings. The quantitative estimate of drug-likeness (QED) is 0.163. The summed E-state index contributed by atoms with van der Waals surface area (Å²) in [7, 11) is -3.18. The first kappa shape index (κ1) is 30.3. The summed E-state index contributed by atoms with van der Waals surface area (Å²) >= 11 is 0. The lowest BCUT2D eigenvalue weighted by Crippen LogP contribution is -2.25. The third-order valence-corrected chi connectivity index (χ3v) is 12.9. The smallest absolute Gasteiger partial charge is 0.172 e. The van der Waals surface area contributed by atoms with Gasteiger partial charge in [-0.2, -0.15) is 0 Å². The van der Waals surface area contributed by atoms with Gasteiger partial charge in [0, 0.05) is 73.4 Å². The van der Waals surface area contributed by atoms with Crippen molar-refractivity contribution < 1.29 is 13.4 Å². The third-order valence-electron chi connectivity index (χ3n) is 9.93. The molecular weight excluding hydrogens is 659 g/mol.